The van der Waals surface area contributed by atoms with Gasteiger partial charge in [-0.15, -0.1) is 11.3 Å². The fourth-order valence-corrected chi connectivity index (χ4v) is 11.7. The molecule has 13 rings (SSSR count). The van der Waals surface area contributed by atoms with Crippen LogP contribution in [0.15, 0.2) is 261 Å². The molecule has 0 fully saturated rings. The van der Waals surface area contributed by atoms with Crippen molar-refractivity contribution in [3.8, 4) is 55.6 Å². The Hall–Kier alpha value is -8.56. The summed E-state index contributed by atoms with van der Waals surface area (Å²) in [5, 5.41) is 10.2. The van der Waals surface area contributed by atoms with Gasteiger partial charge in [0, 0.05) is 37.2 Å². The molecule has 0 aliphatic heterocycles. The predicted molar refractivity (Wildman–Crippen MR) is 294 cm³/mol. The first-order chi connectivity index (χ1) is 33.7. The summed E-state index contributed by atoms with van der Waals surface area (Å²) in [6, 6.07) is 95.4. The molecule has 0 atom stereocenters. The van der Waals surface area contributed by atoms with E-state index in [-0.39, 0.29) is 0 Å². The topological polar surface area (TPSA) is 3.24 Å². The summed E-state index contributed by atoms with van der Waals surface area (Å²) in [5.74, 6) is 0. The monoisotopic (exact) mass is 881 g/mol. The van der Waals surface area contributed by atoms with Gasteiger partial charge in [0.1, 0.15) is 0 Å². The normalized spacial score (nSPS) is 11.5. The second-order valence-electron chi connectivity index (χ2n) is 17.6. The molecule has 0 saturated heterocycles. The summed E-state index contributed by atoms with van der Waals surface area (Å²) in [4.78, 5) is 2.39. The van der Waals surface area contributed by atoms with Gasteiger partial charge in [-0.05, 0) is 130 Å². The van der Waals surface area contributed by atoms with E-state index < -0.39 is 0 Å². The van der Waals surface area contributed by atoms with Gasteiger partial charge in [0.25, 0.3) is 0 Å². The van der Waals surface area contributed by atoms with Crippen LogP contribution in [0.3, 0.4) is 0 Å². The lowest BCUT2D eigenvalue weighted by Crippen LogP contribution is -2.10. The van der Waals surface area contributed by atoms with Gasteiger partial charge >= 0.3 is 0 Å². The molecule has 1 nitrogen and oxygen atoms in total. The molecule has 0 bridgehead atoms. The Bertz CT molecular complexity index is 3950. The van der Waals surface area contributed by atoms with Crippen LogP contribution in [-0.4, -0.2) is 0 Å². The van der Waals surface area contributed by atoms with E-state index in [4.69, 9.17) is 0 Å². The summed E-state index contributed by atoms with van der Waals surface area (Å²) in [5.41, 5.74) is 15.5. The smallest absolute Gasteiger partial charge is 0.0468 e. The molecule has 0 spiro atoms. The molecule has 0 aliphatic rings. The van der Waals surface area contributed by atoms with E-state index in [0.29, 0.717) is 0 Å². The lowest BCUT2D eigenvalue weighted by atomic mass is 9.94. The van der Waals surface area contributed by atoms with Crippen molar-refractivity contribution in [2.45, 2.75) is 0 Å². The molecule has 0 unspecified atom stereocenters. The van der Waals surface area contributed by atoms with Gasteiger partial charge in [0.2, 0.25) is 0 Å². The van der Waals surface area contributed by atoms with E-state index in [0.717, 1.165) is 17.1 Å². The number of hydrogen-bond acceptors (Lipinski definition) is 2. The Morgan fingerprint density at radius 1 is 0.206 bits per heavy atom. The highest BCUT2D eigenvalue weighted by atomic mass is 32.1. The first-order valence-electron chi connectivity index (χ1n) is 23.3. The third kappa shape index (κ3) is 6.93. The molecule has 1 heterocycles. The number of fused-ring (bicyclic) bond motifs is 9. The summed E-state index contributed by atoms with van der Waals surface area (Å²) in [6.45, 7) is 0. The van der Waals surface area contributed by atoms with Crippen molar-refractivity contribution < 1.29 is 0 Å². The third-order valence-corrected chi connectivity index (χ3v) is 15.0. The molecule has 0 aliphatic carbocycles. The van der Waals surface area contributed by atoms with E-state index in [1.807, 2.05) is 11.3 Å². The van der Waals surface area contributed by atoms with Gasteiger partial charge in [-0.2, -0.15) is 0 Å². The van der Waals surface area contributed by atoms with Crippen molar-refractivity contribution >= 4 is 80.9 Å². The van der Waals surface area contributed by atoms with Crippen LogP contribution in [0.5, 0.6) is 0 Å². The van der Waals surface area contributed by atoms with Crippen molar-refractivity contribution in [1.82, 2.24) is 0 Å². The molecule has 0 radical (unpaired) electrons. The summed E-state index contributed by atoms with van der Waals surface area (Å²) >= 11 is 1.90. The summed E-state index contributed by atoms with van der Waals surface area (Å²) < 4.78 is 2.66. The van der Waals surface area contributed by atoms with Crippen LogP contribution in [0, 0.1) is 0 Å². The van der Waals surface area contributed by atoms with Crippen molar-refractivity contribution in [3.05, 3.63) is 261 Å². The minimum absolute atomic E-state index is 1.10. The van der Waals surface area contributed by atoms with Crippen molar-refractivity contribution in [3.63, 3.8) is 0 Å². The maximum absolute atomic E-state index is 2.39. The van der Waals surface area contributed by atoms with Gasteiger partial charge < -0.3 is 4.90 Å². The fraction of sp³-hybridized carbons (Fsp3) is 0. The Balaban J connectivity index is 0.838. The molecule has 318 valence electrons. The minimum atomic E-state index is 1.10. The van der Waals surface area contributed by atoms with Crippen LogP contribution in [0.1, 0.15) is 0 Å². The zero-order valence-corrected chi connectivity index (χ0v) is 38.0. The van der Waals surface area contributed by atoms with E-state index in [2.05, 4.69) is 266 Å². The van der Waals surface area contributed by atoms with E-state index in [1.54, 1.807) is 0 Å². The van der Waals surface area contributed by atoms with E-state index in [1.165, 1.54) is 108 Å². The van der Waals surface area contributed by atoms with Crippen molar-refractivity contribution in [2.75, 3.05) is 4.90 Å². The number of rotatable bonds is 8. The van der Waals surface area contributed by atoms with Gasteiger partial charge in [-0.1, -0.05) is 218 Å². The first kappa shape index (κ1) is 39.8. The molecule has 68 heavy (non-hydrogen) atoms. The Morgan fingerprint density at radius 3 is 1.10 bits per heavy atom. The Kier molecular flexibility index (Phi) is 9.77. The van der Waals surface area contributed by atoms with Crippen LogP contribution in [-0.2, 0) is 0 Å². The largest absolute Gasteiger partial charge is 0.310 e. The third-order valence-electron chi connectivity index (χ3n) is 13.7. The van der Waals surface area contributed by atoms with Gasteiger partial charge in [-0.25, -0.2) is 0 Å². The SMILES string of the molecule is c1ccc(-c2ccc(N(c3ccc(-c4ccc(-c5cccc(-c6cccc7c6sc6c(-c8ccccc8)cccc67)c5)cc4)cc3)c3ccc4c5ccccc5c5ccccc5c4c3)cc2)cc1. The zero-order chi connectivity index (χ0) is 45.0. The molecule has 2 heteroatoms. The number of benzene rings is 12. The number of hydrogen-bond donors (Lipinski definition) is 0. The molecule has 12 aromatic carbocycles. The summed E-state index contributed by atoms with van der Waals surface area (Å²) in [7, 11) is 0. The van der Waals surface area contributed by atoms with Gasteiger partial charge in [0.15, 0.2) is 0 Å². The van der Waals surface area contributed by atoms with Crippen LogP contribution in [0.4, 0.5) is 17.1 Å². The fourth-order valence-electron chi connectivity index (χ4n) is 10.3. The molecule has 13 aromatic rings. The van der Waals surface area contributed by atoms with Crippen molar-refractivity contribution in [2.24, 2.45) is 0 Å². The number of thiophene rings is 1. The lowest BCUT2D eigenvalue weighted by molar-refractivity contribution is 1.29. The van der Waals surface area contributed by atoms with Crippen LogP contribution in [0.2, 0.25) is 0 Å². The molecule has 0 saturated carbocycles. The van der Waals surface area contributed by atoms with Crippen molar-refractivity contribution in [1.29, 1.82) is 0 Å². The minimum Gasteiger partial charge on any atom is -0.310 e. The predicted octanol–water partition coefficient (Wildman–Crippen LogP) is 19.3. The van der Waals surface area contributed by atoms with Crippen LogP contribution < -0.4 is 4.90 Å². The van der Waals surface area contributed by atoms with Crippen LogP contribution in [0.25, 0.3) is 108 Å². The standard InChI is InChI=1S/C66H43NS/c1-3-14-44(15-4-1)46-32-36-52(37-33-46)67(54-40-41-61-59-22-8-7-20-57(59)58-21-9-10-23-60(58)64(61)43-54)53-38-34-47(35-39-53)45-28-30-48(31-29-45)50-18-11-19-51(42-50)56-25-13-27-63-62-26-12-24-55(65(62)68-66(56)63)49-16-5-2-6-17-49/h1-43H. The highest BCUT2D eigenvalue weighted by Gasteiger charge is 2.18. The van der Waals surface area contributed by atoms with E-state index >= 15 is 0 Å². The van der Waals surface area contributed by atoms with E-state index in [9.17, 15) is 0 Å². The number of nitrogens with zero attached hydrogens (tertiary/aromatic N) is 1. The highest BCUT2D eigenvalue weighted by molar-refractivity contribution is 7.26. The second-order valence-corrected chi connectivity index (χ2v) is 18.6. The Labute approximate surface area is 400 Å². The maximum atomic E-state index is 2.39. The quantitative estimate of drug-likeness (QED) is 0.137. The highest BCUT2D eigenvalue weighted by Crippen LogP contribution is 2.45. The molecule has 1 aromatic heterocycles. The molecule has 0 amide bonds. The summed E-state index contributed by atoms with van der Waals surface area (Å²) in [6.07, 6.45) is 0. The zero-order valence-electron chi connectivity index (χ0n) is 37.2. The average Bonchev–Trinajstić information content (AvgIpc) is 3.81. The molecule has 0 N–H and O–H groups in total. The number of anilines is 3. The van der Waals surface area contributed by atoms with Gasteiger partial charge in [0.05, 0.1) is 0 Å². The lowest BCUT2D eigenvalue weighted by Gasteiger charge is -2.26. The first-order valence-corrected chi connectivity index (χ1v) is 24.1. The second kappa shape index (κ2) is 16.7. The molecular formula is C66H43NS. The van der Waals surface area contributed by atoms with Gasteiger partial charge in [-0.3, -0.25) is 0 Å². The molecular weight excluding hydrogens is 839 g/mol. The Morgan fingerprint density at radius 2 is 0.559 bits per heavy atom. The maximum Gasteiger partial charge on any atom is 0.0468 e. The van der Waals surface area contributed by atoms with Crippen LogP contribution >= 0.6 is 11.3 Å². The average molecular weight is 882 g/mol.